The van der Waals surface area contributed by atoms with Gasteiger partial charge in [-0.25, -0.2) is 0 Å². The van der Waals surface area contributed by atoms with Gasteiger partial charge in [-0.2, -0.15) is 0 Å². The van der Waals surface area contributed by atoms with Crippen molar-refractivity contribution in [1.82, 2.24) is 15.1 Å². The number of nitrogens with zero attached hydrogens (tertiary/aromatic N) is 2. The Hall–Kier alpha value is -2.37. The van der Waals surface area contributed by atoms with E-state index in [1.165, 1.54) is 0 Å². The molecule has 2 aliphatic heterocycles. The Morgan fingerprint density at radius 3 is 2.55 bits per heavy atom. The smallest absolute Gasteiger partial charge is 0.253 e. The van der Waals surface area contributed by atoms with Gasteiger partial charge >= 0.3 is 0 Å². The van der Waals surface area contributed by atoms with Gasteiger partial charge in [0.2, 0.25) is 11.8 Å². The molecule has 3 amide bonds. The van der Waals surface area contributed by atoms with E-state index in [1.54, 1.807) is 28.9 Å². The lowest BCUT2D eigenvalue weighted by atomic mass is 10.0. The van der Waals surface area contributed by atoms with Crippen LogP contribution in [0, 0.1) is 6.92 Å². The van der Waals surface area contributed by atoms with E-state index in [4.69, 9.17) is 0 Å². The van der Waals surface area contributed by atoms with Crippen LogP contribution in [0.2, 0.25) is 0 Å². The number of hydrogen-bond donors (Lipinski definition) is 1. The first-order chi connectivity index (χ1) is 10.5. The van der Waals surface area contributed by atoms with Crippen LogP contribution in [0.1, 0.15) is 22.8 Å². The van der Waals surface area contributed by atoms with Crippen molar-refractivity contribution in [2.24, 2.45) is 0 Å². The van der Waals surface area contributed by atoms with Crippen molar-refractivity contribution >= 4 is 17.7 Å². The number of piperazine rings is 2. The lowest BCUT2D eigenvalue weighted by Crippen LogP contribution is -2.69. The summed E-state index contributed by atoms with van der Waals surface area (Å²) in [5, 5.41) is 2.67. The van der Waals surface area contributed by atoms with E-state index in [9.17, 15) is 14.4 Å². The van der Waals surface area contributed by atoms with Crippen LogP contribution in [-0.4, -0.2) is 59.2 Å². The lowest BCUT2D eigenvalue weighted by Gasteiger charge is -2.44. The summed E-state index contributed by atoms with van der Waals surface area (Å²) >= 11 is 0. The summed E-state index contributed by atoms with van der Waals surface area (Å²) in [4.78, 5) is 39.9. The first-order valence-electron chi connectivity index (χ1n) is 7.44. The molecular weight excluding hydrogens is 282 g/mol. The van der Waals surface area contributed by atoms with Gasteiger partial charge in [-0.05, 0) is 26.0 Å². The van der Waals surface area contributed by atoms with Crippen LogP contribution >= 0.6 is 0 Å². The number of amides is 3. The summed E-state index contributed by atoms with van der Waals surface area (Å²) in [7, 11) is 0. The molecule has 6 nitrogen and oxygen atoms in total. The molecule has 0 bridgehead atoms. The van der Waals surface area contributed by atoms with Crippen LogP contribution in [0.3, 0.4) is 0 Å². The minimum Gasteiger partial charge on any atom is -0.343 e. The normalized spacial score (nSPS) is 24.8. The topological polar surface area (TPSA) is 69.7 Å². The summed E-state index contributed by atoms with van der Waals surface area (Å²) < 4.78 is 0. The summed E-state index contributed by atoms with van der Waals surface area (Å²) in [5.74, 6) is -0.362. The van der Waals surface area contributed by atoms with Gasteiger partial charge < -0.3 is 15.1 Å². The molecule has 1 aromatic rings. The number of nitrogens with one attached hydrogen (secondary N) is 1. The Labute approximate surface area is 129 Å². The summed E-state index contributed by atoms with van der Waals surface area (Å²) in [6.07, 6.45) is 0. The number of carbonyl (C=O) groups is 3. The molecule has 2 heterocycles. The van der Waals surface area contributed by atoms with Crippen LogP contribution in [0.4, 0.5) is 0 Å². The van der Waals surface area contributed by atoms with Crippen LogP contribution in [0.5, 0.6) is 0 Å². The van der Waals surface area contributed by atoms with E-state index in [-0.39, 0.29) is 24.3 Å². The maximum atomic E-state index is 12.5. The molecule has 22 heavy (non-hydrogen) atoms. The molecule has 116 valence electrons. The zero-order chi connectivity index (χ0) is 15.9. The van der Waals surface area contributed by atoms with Crippen LogP contribution in [-0.2, 0) is 9.59 Å². The molecule has 0 radical (unpaired) electrons. The van der Waals surface area contributed by atoms with Gasteiger partial charge in [-0.15, -0.1) is 0 Å². The molecule has 1 aromatic carbocycles. The Balaban J connectivity index is 1.76. The fourth-order valence-corrected chi connectivity index (χ4v) is 2.95. The number of rotatable bonds is 1. The first kappa shape index (κ1) is 14.6. The molecule has 2 atom stereocenters. The molecule has 0 unspecified atom stereocenters. The average molecular weight is 301 g/mol. The fourth-order valence-electron chi connectivity index (χ4n) is 2.95. The van der Waals surface area contributed by atoms with Crippen molar-refractivity contribution in [3.8, 4) is 0 Å². The first-order valence-corrected chi connectivity index (χ1v) is 7.44. The van der Waals surface area contributed by atoms with Gasteiger partial charge in [0.25, 0.3) is 5.91 Å². The van der Waals surface area contributed by atoms with E-state index in [0.29, 0.717) is 18.7 Å². The lowest BCUT2D eigenvalue weighted by molar-refractivity contribution is -0.151. The van der Waals surface area contributed by atoms with E-state index in [0.717, 1.165) is 5.56 Å². The van der Waals surface area contributed by atoms with Crippen molar-refractivity contribution in [3.63, 3.8) is 0 Å². The average Bonchev–Trinajstić information content (AvgIpc) is 2.52. The molecule has 2 fully saturated rings. The minimum absolute atomic E-state index is 0.0768. The molecule has 3 rings (SSSR count). The molecular formula is C16H19N3O3. The number of benzene rings is 1. The van der Waals surface area contributed by atoms with Crippen molar-refractivity contribution in [3.05, 3.63) is 35.4 Å². The molecule has 0 aromatic heterocycles. The van der Waals surface area contributed by atoms with Gasteiger partial charge in [-0.1, -0.05) is 17.7 Å². The van der Waals surface area contributed by atoms with Gasteiger partial charge in [0.15, 0.2) is 0 Å². The molecule has 0 spiro atoms. The molecule has 6 heteroatoms. The van der Waals surface area contributed by atoms with E-state index >= 15 is 0 Å². The SMILES string of the molecule is Cc1ccc(C(=O)N2CCN3C(=O)[C@@H](C)NC(=O)[C@H]3C2)cc1. The highest BCUT2D eigenvalue weighted by molar-refractivity contribution is 5.99. The van der Waals surface area contributed by atoms with Crippen LogP contribution in [0.15, 0.2) is 24.3 Å². The molecule has 0 aliphatic carbocycles. The summed E-state index contributed by atoms with van der Waals surface area (Å²) in [6, 6.07) is 6.30. The second-order valence-corrected chi connectivity index (χ2v) is 5.89. The monoisotopic (exact) mass is 301 g/mol. The highest BCUT2D eigenvalue weighted by atomic mass is 16.2. The number of carbonyl (C=O) groups excluding carboxylic acids is 3. The largest absolute Gasteiger partial charge is 0.343 e. The number of fused-ring (bicyclic) bond motifs is 1. The Morgan fingerprint density at radius 2 is 1.86 bits per heavy atom. The second kappa shape index (κ2) is 5.44. The fraction of sp³-hybridized carbons (Fsp3) is 0.438. The maximum absolute atomic E-state index is 12.5. The van der Waals surface area contributed by atoms with Crippen molar-refractivity contribution in [2.75, 3.05) is 19.6 Å². The quantitative estimate of drug-likeness (QED) is 0.804. The van der Waals surface area contributed by atoms with Gasteiger partial charge in [0, 0.05) is 18.7 Å². The second-order valence-electron chi connectivity index (χ2n) is 5.89. The minimum atomic E-state index is -0.577. The predicted octanol–water partition coefficient (Wildman–Crippen LogP) is 0.166. The Bertz CT molecular complexity index is 626. The zero-order valence-corrected chi connectivity index (χ0v) is 12.7. The highest BCUT2D eigenvalue weighted by Gasteiger charge is 2.42. The number of aryl methyl sites for hydroxylation is 1. The van der Waals surface area contributed by atoms with Crippen LogP contribution in [0.25, 0.3) is 0 Å². The third-order valence-electron chi connectivity index (χ3n) is 4.28. The van der Waals surface area contributed by atoms with Crippen molar-refractivity contribution < 1.29 is 14.4 Å². The Morgan fingerprint density at radius 1 is 1.18 bits per heavy atom. The zero-order valence-electron chi connectivity index (χ0n) is 12.7. The molecule has 0 saturated carbocycles. The van der Waals surface area contributed by atoms with Crippen LogP contribution < -0.4 is 5.32 Å². The Kier molecular flexibility index (Phi) is 3.60. The highest BCUT2D eigenvalue weighted by Crippen LogP contribution is 2.18. The van der Waals surface area contributed by atoms with Crippen molar-refractivity contribution in [1.29, 1.82) is 0 Å². The van der Waals surface area contributed by atoms with E-state index in [2.05, 4.69) is 5.32 Å². The predicted molar refractivity (Wildman–Crippen MR) is 80.2 cm³/mol. The van der Waals surface area contributed by atoms with Gasteiger partial charge in [-0.3, -0.25) is 14.4 Å². The van der Waals surface area contributed by atoms with Crippen molar-refractivity contribution in [2.45, 2.75) is 25.9 Å². The van der Waals surface area contributed by atoms with Gasteiger partial charge in [0.1, 0.15) is 12.1 Å². The maximum Gasteiger partial charge on any atom is 0.253 e. The third kappa shape index (κ3) is 2.45. The summed E-state index contributed by atoms with van der Waals surface area (Å²) in [6.45, 7) is 4.75. The standard InChI is InChI=1S/C16H19N3O3/c1-10-3-5-12(6-4-10)16(22)18-7-8-19-13(9-18)14(20)17-11(2)15(19)21/h3-6,11,13H,7-9H2,1-2H3,(H,17,20)/t11-,13-/m1/s1. The third-order valence-corrected chi connectivity index (χ3v) is 4.28. The van der Waals surface area contributed by atoms with Gasteiger partial charge in [0.05, 0.1) is 6.54 Å². The molecule has 2 aliphatic rings. The summed E-state index contributed by atoms with van der Waals surface area (Å²) in [5.41, 5.74) is 1.70. The van der Waals surface area contributed by atoms with E-state index < -0.39 is 12.1 Å². The molecule has 1 N–H and O–H groups in total. The number of hydrogen-bond acceptors (Lipinski definition) is 3. The van der Waals surface area contributed by atoms with E-state index in [1.807, 2.05) is 19.1 Å². The molecule has 2 saturated heterocycles.